The van der Waals surface area contributed by atoms with Crippen LogP contribution < -0.4 is 4.74 Å². The van der Waals surface area contributed by atoms with Gasteiger partial charge in [-0.25, -0.2) is 14.6 Å². The minimum absolute atomic E-state index is 0.520. The van der Waals surface area contributed by atoms with E-state index in [9.17, 15) is 0 Å². The van der Waals surface area contributed by atoms with Crippen molar-refractivity contribution in [1.29, 1.82) is 0 Å². The highest BCUT2D eigenvalue weighted by Gasteiger charge is 2.09. The summed E-state index contributed by atoms with van der Waals surface area (Å²) in [5.41, 5.74) is 0.926. The van der Waals surface area contributed by atoms with E-state index in [-0.39, 0.29) is 0 Å². The van der Waals surface area contributed by atoms with Gasteiger partial charge in [-0.05, 0) is 6.92 Å². The van der Waals surface area contributed by atoms with E-state index >= 15 is 0 Å². The van der Waals surface area contributed by atoms with E-state index in [1.54, 1.807) is 17.1 Å². The molecule has 0 bridgehead atoms. The predicted molar refractivity (Wildman–Crippen MR) is 73.6 cm³/mol. The molecule has 20 heavy (non-hydrogen) atoms. The minimum atomic E-state index is 0.520. The fourth-order valence-electron chi connectivity index (χ4n) is 1.79. The van der Waals surface area contributed by atoms with Gasteiger partial charge in [-0.1, -0.05) is 30.3 Å². The van der Waals surface area contributed by atoms with Crippen molar-refractivity contribution >= 4 is 0 Å². The average Bonchev–Trinajstić information content (AvgIpc) is 3.02. The lowest BCUT2D eigenvalue weighted by Crippen LogP contribution is -2.04. The summed E-state index contributed by atoms with van der Waals surface area (Å²) in [7, 11) is 0. The predicted octanol–water partition coefficient (Wildman–Crippen LogP) is 2.12. The van der Waals surface area contributed by atoms with Crippen LogP contribution in [0.25, 0.3) is 17.2 Å². The molecule has 0 radical (unpaired) electrons. The maximum absolute atomic E-state index is 5.49. The highest BCUT2D eigenvalue weighted by Crippen LogP contribution is 2.20. The van der Waals surface area contributed by atoms with Crippen LogP contribution in [0.3, 0.4) is 0 Å². The first kappa shape index (κ1) is 12.3. The van der Waals surface area contributed by atoms with E-state index in [1.807, 2.05) is 37.3 Å². The number of ether oxygens (including phenoxy) is 1. The molecule has 0 amide bonds. The number of hydrogen-bond acceptors (Lipinski definition) is 5. The molecular formula is C14H13N5O. The first-order valence-electron chi connectivity index (χ1n) is 6.29. The zero-order valence-corrected chi connectivity index (χ0v) is 11.0. The summed E-state index contributed by atoms with van der Waals surface area (Å²) in [6.45, 7) is 2.46. The number of rotatable bonds is 4. The smallest absolute Gasteiger partial charge is 0.219 e. The topological polar surface area (TPSA) is 65.7 Å². The summed E-state index contributed by atoms with van der Waals surface area (Å²) in [5, 5.41) is 4.08. The molecule has 100 valence electrons. The Labute approximate surface area is 116 Å². The molecule has 0 aliphatic carbocycles. The summed E-state index contributed by atoms with van der Waals surface area (Å²) in [6, 6.07) is 11.5. The van der Waals surface area contributed by atoms with Gasteiger partial charge in [0.25, 0.3) is 0 Å². The molecule has 3 rings (SSSR count). The van der Waals surface area contributed by atoms with Crippen LogP contribution in [0.5, 0.6) is 5.88 Å². The Morgan fingerprint density at radius 2 is 2.00 bits per heavy atom. The molecule has 0 unspecified atom stereocenters. The van der Waals surface area contributed by atoms with Crippen LogP contribution in [-0.2, 0) is 0 Å². The van der Waals surface area contributed by atoms with Crippen LogP contribution in [0.2, 0.25) is 0 Å². The fraction of sp³-hybridized carbons (Fsp3) is 0.143. The van der Waals surface area contributed by atoms with Gasteiger partial charge < -0.3 is 4.74 Å². The monoisotopic (exact) mass is 267 g/mol. The van der Waals surface area contributed by atoms with Crippen molar-refractivity contribution in [2.24, 2.45) is 0 Å². The minimum Gasteiger partial charge on any atom is -0.478 e. The molecule has 3 aromatic rings. The molecule has 0 aliphatic rings. The molecule has 6 nitrogen and oxygen atoms in total. The Morgan fingerprint density at radius 1 is 1.15 bits per heavy atom. The highest BCUT2D eigenvalue weighted by molar-refractivity contribution is 5.56. The van der Waals surface area contributed by atoms with Gasteiger partial charge in [-0.15, -0.1) is 0 Å². The molecule has 1 aromatic carbocycles. The van der Waals surface area contributed by atoms with Crippen LogP contribution in [0.15, 0.2) is 49.1 Å². The second kappa shape index (κ2) is 5.48. The molecule has 2 heterocycles. The summed E-state index contributed by atoms with van der Waals surface area (Å²) in [6.07, 6.45) is 3.05. The van der Waals surface area contributed by atoms with Gasteiger partial charge in [0.15, 0.2) is 11.6 Å². The van der Waals surface area contributed by atoms with Crippen LogP contribution >= 0.6 is 0 Å². The van der Waals surface area contributed by atoms with Crippen LogP contribution in [0.1, 0.15) is 6.92 Å². The summed E-state index contributed by atoms with van der Waals surface area (Å²) >= 11 is 0. The molecule has 0 atom stereocenters. The Morgan fingerprint density at radius 3 is 2.70 bits per heavy atom. The number of hydrogen-bond donors (Lipinski definition) is 0. The largest absolute Gasteiger partial charge is 0.478 e. The third kappa shape index (κ3) is 2.49. The van der Waals surface area contributed by atoms with E-state index < -0.39 is 0 Å². The number of aromatic nitrogens is 5. The number of benzene rings is 1. The van der Waals surface area contributed by atoms with Gasteiger partial charge in [0, 0.05) is 11.6 Å². The number of nitrogens with zero attached hydrogens (tertiary/aromatic N) is 5. The zero-order chi connectivity index (χ0) is 13.8. The van der Waals surface area contributed by atoms with Crippen molar-refractivity contribution in [3.63, 3.8) is 0 Å². The average molecular weight is 267 g/mol. The van der Waals surface area contributed by atoms with Crippen molar-refractivity contribution in [2.75, 3.05) is 6.61 Å². The van der Waals surface area contributed by atoms with E-state index in [0.29, 0.717) is 24.1 Å². The molecule has 0 fully saturated rings. The standard InChI is InChI=1S/C14H13N5O/c1-2-20-13-8-12(19-10-15-9-16-19)17-14(18-13)11-6-4-3-5-7-11/h3-10H,2H2,1H3. The van der Waals surface area contributed by atoms with E-state index in [1.165, 1.54) is 6.33 Å². The van der Waals surface area contributed by atoms with Gasteiger partial charge in [0.05, 0.1) is 6.61 Å². The van der Waals surface area contributed by atoms with Crippen molar-refractivity contribution in [3.05, 3.63) is 49.1 Å². The molecule has 2 aromatic heterocycles. The van der Waals surface area contributed by atoms with E-state index in [4.69, 9.17) is 4.74 Å². The molecule has 0 spiro atoms. The summed E-state index contributed by atoms with van der Waals surface area (Å²) in [4.78, 5) is 12.8. The Hall–Kier alpha value is -2.76. The van der Waals surface area contributed by atoms with Crippen molar-refractivity contribution in [2.45, 2.75) is 6.92 Å². The van der Waals surface area contributed by atoms with Gasteiger partial charge in [0.2, 0.25) is 5.88 Å². The normalized spacial score (nSPS) is 10.4. The van der Waals surface area contributed by atoms with Crippen LogP contribution in [0.4, 0.5) is 0 Å². The lowest BCUT2D eigenvalue weighted by molar-refractivity contribution is 0.326. The molecule has 0 saturated heterocycles. The van der Waals surface area contributed by atoms with Crippen molar-refractivity contribution in [1.82, 2.24) is 24.7 Å². The molecule has 0 aliphatic heterocycles. The Bertz CT molecular complexity index is 682. The van der Waals surface area contributed by atoms with Crippen molar-refractivity contribution < 1.29 is 4.74 Å². The lowest BCUT2D eigenvalue weighted by Gasteiger charge is -2.08. The fourth-order valence-corrected chi connectivity index (χ4v) is 1.79. The van der Waals surface area contributed by atoms with Gasteiger partial charge in [0.1, 0.15) is 12.7 Å². The maximum atomic E-state index is 5.49. The van der Waals surface area contributed by atoms with Crippen LogP contribution in [-0.4, -0.2) is 31.3 Å². The summed E-state index contributed by atoms with van der Waals surface area (Å²) < 4.78 is 7.07. The summed E-state index contributed by atoms with van der Waals surface area (Å²) in [5.74, 6) is 1.74. The Balaban J connectivity index is 2.10. The van der Waals surface area contributed by atoms with E-state index in [0.717, 1.165) is 5.56 Å². The zero-order valence-electron chi connectivity index (χ0n) is 11.0. The lowest BCUT2D eigenvalue weighted by atomic mass is 10.2. The molecular weight excluding hydrogens is 254 g/mol. The van der Waals surface area contributed by atoms with Gasteiger partial charge in [-0.3, -0.25) is 0 Å². The molecule has 0 saturated carbocycles. The first-order chi connectivity index (χ1) is 9.86. The molecule has 0 N–H and O–H groups in total. The Kier molecular flexibility index (Phi) is 3.36. The maximum Gasteiger partial charge on any atom is 0.219 e. The third-order valence-corrected chi connectivity index (χ3v) is 2.67. The van der Waals surface area contributed by atoms with E-state index in [2.05, 4.69) is 20.1 Å². The molecule has 6 heteroatoms. The first-order valence-corrected chi connectivity index (χ1v) is 6.29. The quantitative estimate of drug-likeness (QED) is 0.724. The van der Waals surface area contributed by atoms with Crippen LogP contribution in [0, 0.1) is 0 Å². The van der Waals surface area contributed by atoms with Gasteiger partial charge >= 0.3 is 0 Å². The van der Waals surface area contributed by atoms with Crippen molar-refractivity contribution in [3.8, 4) is 23.1 Å². The highest BCUT2D eigenvalue weighted by atomic mass is 16.5. The second-order valence-corrected chi connectivity index (χ2v) is 4.03. The second-order valence-electron chi connectivity index (χ2n) is 4.03. The van der Waals surface area contributed by atoms with Gasteiger partial charge in [-0.2, -0.15) is 10.1 Å². The SMILES string of the molecule is CCOc1cc(-n2cncn2)nc(-c2ccccc2)n1. The third-order valence-electron chi connectivity index (χ3n) is 2.67.